The first-order valence-corrected chi connectivity index (χ1v) is 10.4. The number of carbonyl (C=O) groups excluding carboxylic acids is 1. The van der Waals surface area contributed by atoms with Crippen molar-refractivity contribution in [3.05, 3.63) is 83.6 Å². The molecule has 0 spiro atoms. The normalized spacial score (nSPS) is 11.5. The van der Waals surface area contributed by atoms with Crippen LogP contribution in [0.2, 0.25) is 0 Å². The second kappa shape index (κ2) is 9.34. The lowest BCUT2D eigenvalue weighted by atomic mass is 10.0. The number of amides is 1. The molecule has 0 aliphatic rings. The van der Waals surface area contributed by atoms with Crippen molar-refractivity contribution < 1.29 is 14.1 Å². The molecule has 0 aliphatic carbocycles. The number of aryl methyl sites for hydroxylation is 1. The summed E-state index contributed by atoms with van der Waals surface area (Å²) in [6.45, 7) is 4.61. The van der Waals surface area contributed by atoms with Crippen LogP contribution in [0.5, 0.6) is 5.75 Å². The van der Waals surface area contributed by atoms with E-state index in [0.29, 0.717) is 24.6 Å². The van der Waals surface area contributed by atoms with Crippen molar-refractivity contribution in [3.8, 4) is 17.0 Å². The fourth-order valence-corrected chi connectivity index (χ4v) is 3.53. The highest BCUT2D eigenvalue weighted by atomic mass is 16.5. The summed E-state index contributed by atoms with van der Waals surface area (Å²) in [7, 11) is 0. The predicted octanol–water partition coefficient (Wildman–Crippen LogP) is 4.45. The fraction of sp³-hybridized carbons (Fsp3) is 0.160. The Balaban J connectivity index is 1.52. The minimum Gasteiger partial charge on any atom is -0.494 e. The third kappa shape index (κ3) is 4.46. The van der Waals surface area contributed by atoms with Crippen molar-refractivity contribution in [1.82, 2.24) is 10.5 Å². The van der Waals surface area contributed by atoms with E-state index in [1.165, 1.54) is 0 Å². The van der Waals surface area contributed by atoms with E-state index in [9.17, 15) is 4.79 Å². The van der Waals surface area contributed by atoms with Crippen molar-refractivity contribution >= 4 is 22.6 Å². The van der Waals surface area contributed by atoms with Gasteiger partial charge in [0.15, 0.2) is 5.96 Å². The first kappa shape index (κ1) is 21.1. The summed E-state index contributed by atoms with van der Waals surface area (Å²) in [5.41, 5.74) is 8.50. The predicted molar refractivity (Wildman–Crippen MR) is 125 cm³/mol. The number of nitrogens with zero attached hydrogens (tertiary/aromatic N) is 2. The van der Waals surface area contributed by atoms with Gasteiger partial charge in [-0.15, -0.1) is 0 Å². The zero-order valence-corrected chi connectivity index (χ0v) is 18.0. The van der Waals surface area contributed by atoms with Gasteiger partial charge in [0, 0.05) is 12.1 Å². The average Bonchev–Trinajstić information content (AvgIpc) is 3.20. The fourth-order valence-electron chi connectivity index (χ4n) is 3.53. The van der Waals surface area contributed by atoms with Crippen LogP contribution in [0.3, 0.4) is 0 Å². The van der Waals surface area contributed by atoms with Crippen LogP contribution in [-0.2, 0) is 6.54 Å². The number of carbonyl (C=O) groups is 1. The molecule has 0 saturated carbocycles. The van der Waals surface area contributed by atoms with Gasteiger partial charge in [0.05, 0.1) is 6.61 Å². The van der Waals surface area contributed by atoms with Crippen LogP contribution in [0.25, 0.3) is 22.0 Å². The van der Waals surface area contributed by atoms with Gasteiger partial charge >= 0.3 is 0 Å². The molecule has 0 atom stereocenters. The first-order valence-electron chi connectivity index (χ1n) is 10.4. The second-order valence-corrected chi connectivity index (χ2v) is 7.21. The molecule has 7 nitrogen and oxygen atoms in total. The lowest BCUT2D eigenvalue weighted by Gasteiger charge is -2.09. The van der Waals surface area contributed by atoms with Crippen LogP contribution in [-0.4, -0.2) is 23.6 Å². The molecule has 1 heterocycles. The van der Waals surface area contributed by atoms with Gasteiger partial charge in [0.2, 0.25) is 0 Å². The molecule has 7 heteroatoms. The summed E-state index contributed by atoms with van der Waals surface area (Å²) in [6.07, 6.45) is 0. The van der Waals surface area contributed by atoms with Crippen LogP contribution >= 0.6 is 0 Å². The number of benzene rings is 3. The van der Waals surface area contributed by atoms with E-state index in [4.69, 9.17) is 15.0 Å². The van der Waals surface area contributed by atoms with Crippen molar-refractivity contribution in [2.45, 2.75) is 20.4 Å². The first-order chi connectivity index (χ1) is 15.6. The Morgan fingerprint density at radius 2 is 1.84 bits per heavy atom. The molecular weight excluding hydrogens is 404 g/mol. The molecule has 4 aromatic rings. The molecule has 0 radical (unpaired) electrons. The summed E-state index contributed by atoms with van der Waals surface area (Å²) < 4.78 is 10.7. The number of aromatic nitrogens is 1. The quantitative estimate of drug-likeness (QED) is 0.347. The van der Waals surface area contributed by atoms with Crippen LogP contribution in [0.1, 0.15) is 28.6 Å². The standard InChI is InChI=1S/C25H24N4O3/c1-3-31-20-13-11-18(12-14-20)23-22(16(2)32-29-23)24(30)28-25(26)27-15-19-9-6-8-17-7-4-5-10-21(17)19/h4-14H,3,15H2,1-2H3,(H3,26,27,28,30). The molecule has 1 amide bonds. The molecule has 1 aromatic heterocycles. The number of hydrogen-bond donors (Lipinski definition) is 2. The van der Waals surface area contributed by atoms with Gasteiger partial charge < -0.3 is 20.3 Å². The van der Waals surface area contributed by atoms with Crippen LogP contribution in [0, 0.1) is 6.92 Å². The molecule has 4 rings (SSSR count). The maximum atomic E-state index is 12.9. The maximum absolute atomic E-state index is 12.9. The Morgan fingerprint density at radius 1 is 1.09 bits per heavy atom. The lowest BCUT2D eigenvalue weighted by Crippen LogP contribution is -2.32. The van der Waals surface area contributed by atoms with Crippen molar-refractivity contribution in [1.29, 1.82) is 0 Å². The molecule has 0 unspecified atom stereocenters. The van der Waals surface area contributed by atoms with Gasteiger partial charge in [-0.3, -0.25) is 4.79 Å². The van der Waals surface area contributed by atoms with E-state index in [2.05, 4.69) is 33.7 Å². The zero-order valence-electron chi connectivity index (χ0n) is 18.0. The van der Waals surface area contributed by atoms with E-state index in [1.807, 2.05) is 55.5 Å². The van der Waals surface area contributed by atoms with Crippen molar-refractivity contribution in [2.24, 2.45) is 10.7 Å². The molecule has 0 fully saturated rings. The zero-order chi connectivity index (χ0) is 22.5. The summed E-state index contributed by atoms with van der Waals surface area (Å²) in [6, 6.07) is 21.4. The van der Waals surface area contributed by atoms with Crippen molar-refractivity contribution in [2.75, 3.05) is 6.61 Å². The molecule has 3 N–H and O–H groups in total. The van der Waals surface area contributed by atoms with E-state index in [-0.39, 0.29) is 11.5 Å². The molecule has 0 saturated heterocycles. The van der Waals surface area contributed by atoms with E-state index < -0.39 is 5.91 Å². The topological polar surface area (TPSA) is 103 Å². The Bertz CT molecular complexity index is 1270. The molecular formula is C25H24N4O3. The number of hydrogen-bond acceptors (Lipinski definition) is 4. The van der Waals surface area contributed by atoms with Gasteiger partial charge in [-0.1, -0.05) is 47.6 Å². The number of fused-ring (bicyclic) bond motifs is 1. The summed E-state index contributed by atoms with van der Waals surface area (Å²) in [5.74, 6) is 0.630. The Labute approximate surface area is 185 Å². The third-order valence-corrected chi connectivity index (χ3v) is 5.08. The molecule has 162 valence electrons. The van der Waals surface area contributed by atoms with Gasteiger partial charge in [0.25, 0.3) is 5.91 Å². The minimum atomic E-state index is -0.518. The van der Waals surface area contributed by atoms with E-state index in [1.54, 1.807) is 6.92 Å². The highest BCUT2D eigenvalue weighted by Gasteiger charge is 2.21. The smallest absolute Gasteiger partial charge is 0.286 e. The van der Waals surface area contributed by atoms with Gasteiger partial charge in [-0.25, -0.2) is 0 Å². The number of rotatable bonds is 6. The molecule has 32 heavy (non-hydrogen) atoms. The van der Waals surface area contributed by atoms with Gasteiger partial charge in [0.1, 0.15) is 22.8 Å². The Kier molecular flexibility index (Phi) is 6.17. The Morgan fingerprint density at radius 3 is 2.62 bits per heavy atom. The average molecular weight is 428 g/mol. The Hall–Kier alpha value is -4.13. The number of nitrogens with two attached hydrogens (primary N) is 1. The minimum absolute atomic E-state index is 0.0289. The third-order valence-electron chi connectivity index (χ3n) is 5.08. The SMILES string of the molecule is CCOc1ccc(-c2noc(C)c2C(=O)/N=C(\N)NCc2cccc3ccccc23)cc1. The number of nitrogens with one attached hydrogen (secondary N) is 1. The number of aliphatic imine (C=N–C) groups is 1. The number of ether oxygens (including phenoxy) is 1. The largest absolute Gasteiger partial charge is 0.494 e. The summed E-state index contributed by atoms with van der Waals surface area (Å²) >= 11 is 0. The molecule has 3 aromatic carbocycles. The summed E-state index contributed by atoms with van der Waals surface area (Å²) in [4.78, 5) is 16.9. The highest BCUT2D eigenvalue weighted by Crippen LogP contribution is 2.27. The van der Waals surface area contributed by atoms with Gasteiger partial charge in [-0.2, -0.15) is 4.99 Å². The van der Waals surface area contributed by atoms with Gasteiger partial charge in [-0.05, 0) is 54.4 Å². The maximum Gasteiger partial charge on any atom is 0.286 e. The highest BCUT2D eigenvalue weighted by molar-refractivity contribution is 6.06. The monoisotopic (exact) mass is 428 g/mol. The second-order valence-electron chi connectivity index (χ2n) is 7.21. The molecule has 0 aliphatic heterocycles. The van der Waals surface area contributed by atoms with Crippen LogP contribution in [0.4, 0.5) is 0 Å². The number of guanidine groups is 1. The van der Waals surface area contributed by atoms with Crippen LogP contribution in [0.15, 0.2) is 76.2 Å². The summed E-state index contributed by atoms with van der Waals surface area (Å²) in [5, 5.41) is 9.33. The van der Waals surface area contributed by atoms with Crippen molar-refractivity contribution in [3.63, 3.8) is 0 Å². The lowest BCUT2D eigenvalue weighted by molar-refractivity contribution is 0.100. The van der Waals surface area contributed by atoms with E-state index >= 15 is 0 Å². The van der Waals surface area contributed by atoms with Crippen LogP contribution < -0.4 is 15.8 Å². The van der Waals surface area contributed by atoms with E-state index in [0.717, 1.165) is 27.6 Å². The molecule has 0 bridgehead atoms.